The first kappa shape index (κ1) is 18.6. The molecule has 0 saturated heterocycles. The molecule has 0 fully saturated rings. The van der Waals surface area contributed by atoms with E-state index >= 15 is 0 Å². The van der Waals surface area contributed by atoms with Gasteiger partial charge in [-0.15, -0.1) is 0 Å². The maximum absolute atomic E-state index is 12.4. The van der Waals surface area contributed by atoms with Crippen LogP contribution >= 0.6 is 0 Å². The fraction of sp³-hybridized carbons (Fsp3) is 0.571. The van der Waals surface area contributed by atoms with E-state index < -0.39 is 0 Å². The van der Waals surface area contributed by atoms with Crippen LogP contribution in [-0.2, 0) is 16.0 Å². The topological polar surface area (TPSA) is 38.3 Å². The van der Waals surface area contributed by atoms with Gasteiger partial charge in [-0.25, -0.2) is 4.79 Å². The van der Waals surface area contributed by atoms with Gasteiger partial charge in [-0.3, -0.25) is 0 Å². The van der Waals surface area contributed by atoms with Crippen LogP contribution in [0.25, 0.3) is 0 Å². The van der Waals surface area contributed by atoms with Gasteiger partial charge < -0.3 is 10.1 Å². The molecule has 1 aromatic carbocycles. The van der Waals surface area contributed by atoms with Gasteiger partial charge in [0, 0.05) is 12.2 Å². The van der Waals surface area contributed by atoms with Crippen molar-refractivity contribution in [3.05, 3.63) is 47.2 Å². The quantitative estimate of drug-likeness (QED) is 0.782. The molecule has 0 radical (unpaired) electrons. The minimum atomic E-state index is -0.145. The molecule has 0 heterocycles. The van der Waals surface area contributed by atoms with Gasteiger partial charge in [0.05, 0.1) is 12.2 Å². The predicted octanol–water partition coefficient (Wildman–Crippen LogP) is 4.48. The third-order valence-corrected chi connectivity index (χ3v) is 4.90. The zero-order chi connectivity index (χ0) is 17.6. The summed E-state index contributed by atoms with van der Waals surface area (Å²) in [6.45, 7) is 9.92. The molecule has 0 spiro atoms. The summed E-state index contributed by atoms with van der Waals surface area (Å²) < 4.78 is 5.30. The summed E-state index contributed by atoms with van der Waals surface area (Å²) in [6, 6.07) is 10.4. The summed E-state index contributed by atoms with van der Waals surface area (Å²) in [5.41, 5.74) is 3.47. The van der Waals surface area contributed by atoms with Gasteiger partial charge in [0.1, 0.15) is 0 Å². The number of hydrogen-bond acceptors (Lipinski definition) is 3. The van der Waals surface area contributed by atoms with Gasteiger partial charge in [0.2, 0.25) is 0 Å². The maximum Gasteiger partial charge on any atom is 0.335 e. The van der Waals surface area contributed by atoms with Gasteiger partial charge in [-0.1, -0.05) is 51.1 Å². The highest BCUT2D eigenvalue weighted by atomic mass is 16.5. The van der Waals surface area contributed by atoms with E-state index in [1.54, 1.807) is 0 Å². The Hall–Kier alpha value is -1.77. The maximum atomic E-state index is 12.4. The van der Waals surface area contributed by atoms with Crippen LogP contribution in [0.15, 0.2) is 41.6 Å². The van der Waals surface area contributed by atoms with E-state index in [0.29, 0.717) is 12.5 Å². The van der Waals surface area contributed by atoms with Crippen molar-refractivity contribution in [3.8, 4) is 0 Å². The molecule has 132 valence electrons. The third kappa shape index (κ3) is 5.12. The lowest BCUT2D eigenvalue weighted by Crippen LogP contribution is -2.31. The molecular weight excluding hydrogens is 298 g/mol. The molecule has 3 heteroatoms. The molecule has 2 rings (SSSR count). The molecule has 0 bridgehead atoms. The van der Waals surface area contributed by atoms with Crippen molar-refractivity contribution < 1.29 is 9.53 Å². The second-order valence-corrected chi connectivity index (χ2v) is 7.65. The number of benzene rings is 1. The smallest absolute Gasteiger partial charge is 0.335 e. The van der Waals surface area contributed by atoms with Gasteiger partial charge in [0.25, 0.3) is 0 Å². The molecule has 1 unspecified atom stereocenters. The van der Waals surface area contributed by atoms with Crippen LogP contribution < -0.4 is 5.32 Å². The summed E-state index contributed by atoms with van der Waals surface area (Å²) >= 11 is 0. The van der Waals surface area contributed by atoms with Gasteiger partial charge in [-0.05, 0) is 49.5 Å². The Morgan fingerprint density at radius 1 is 1.25 bits per heavy atom. The van der Waals surface area contributed by atoms with Gasteiger partial charge in [0.15, 0.2) is 0 Å². The van der Waals surface area contributed by atoms with Crippen LogP contribution in [0.5, 0.6) is 0 Å². The number of esters is 1. The highest BCUT2D eigenvalue weighted by molar-refractivity contribution is 5.89. The molecule has 24 heavy (non-hydrogen) atoms. The van der Waals surface area contributed by atoms with Crippen LogP contribution in [0.1, 0.15) is 52.5 Å². The minimum Gasteiger partial charge on any atom is -0.463 e. The average Bonchev–Trinajstić information content (AvgIpc) is 2.55. The Morgan fingerprint density at radius 2 is 1.96 bits per heavy atom. The van der Waals surface area contributed by atoms with Crippen LogP contribution in [0.4, 0.5) is 0 Å². The molecule has 0 saturated carbocycles. The molecule has 0 aliphatic heterocycles. The molecule has 0 amide bonds. The fourth-order valence-electron chi connectivity index (χ4n) is 3.30. The van der Waals surface area contributed by atoms with Crippen LogP contribution in [-0.4, -0.2) is 19.1 Å². The standard InChI is InChI=1S/C21H31NO2/c1-5-24-20(23)18-15-17(21(2,3)4)11-12-19(18)22-14-13-16-9-7-6-8-10-16/h6-10,17,22H,5,11-15H2,1-4H3. The first-order valence-electron chi connectivity index (χ1n) is 9.08. The Kier molecular flexibility index (Phi) is 6.47. The lowest BCUT2D eigenvalue weighted by Gasteiger charge is -2.35. The van der Waals surface area contributed by atoms with E-state index in [4.69, 9.17) is 4.74 Å². The van der Waals surface area contributed by atoms with Crippen molar-refractivity contribution in [1.82, 2.24) is 5.32 Å². The Morgan fingerprint density at radius 3 is 2.58 bits per heavy atom. The number of carbonyl (C=O) groups excluding carboxylic acids is 1. The Bertz CT molecular complexity index is 569. The van der Waals surface area contributed by atoms with Gasteiger partial charge >= 0.3 is 5.97 Å². The second-order valence-electron chi connectivity index (χ2n) is 7.65. The van der Waals surface area contributed by atoms with E-state index in [1.165, 1.54) is 5.56 Å². The van der Waals surface area contributed by atoms with E-state index in [1.807, 2.05) is 13.0 Å². The van der Waals surface area contributed by atoms with Crippen molar-refractivity contribution in [2.24, 2.45) is 11.3 Å². The minimum absolute atomic E-state index is 0.145. The molecule has 1 aliphatic carbocycles. The lowest BCUT2D eigenvalue weighted by atomic mass is 9.71. The van der Waals surface area contributed by atoms with Crippen molar-refractivity contribution in [2.45, 2.75) is 53.4 Å². The number of ether oxygens (including phenoxy) is 1. The van der Waals surface area contributed by atoms with Crippen molar-refractivity contribution >= 4 is 5.97 Å². The highest BCUT2D eigenvalue weighted by Gasteiger charge is 2.32. The number of allylic oxidation sites excluding steroid dienone is 1. The Labute approximate surface area is 146 Å². The summed E-state index contributed by atoms with van der Waals surface area (Å²) in [6.07, 6.45) is 3.84. The second kappa shape index (κ2) is 8.36. The monoisotopic (exact) mass is 329 g/mol. The third-order valence-electron chi connectivity index (χ3n) is 4.90. The summed E-state index contributed by atoms with van der Waals surface area (Å²) in [5.74, 6) is 0.380. The van der Waals surface area contributed by atoms with E-state index in [0.717, 1.165) is 43.5 Å². The molecule has 1 N–H and O–H groups in total. The first-order valence-corrected chi connectivity index (χ1v) is 9.08. The highest BCUT2D eigenvalue weighted by Crippen LogP contribution is 2.40. The van der Waals surface area contributed by atoms with E-state index in [2.05, 4.69) is 50.4 Å². The van der Waals surface area contributed by atoms with Crippen LogP contribution in [0, 0.1) is 11.3 Å². The normalized spacial score (nSPS) is 18.4. The van der Waals surface area contributed by atoms with Crippen molar-refractivity contribution in [3.63, 3.8) is 0 Å². The lowest BCUT2D eigenvalue weighted by molar-refractivity contribution is -0.139. The zero-order valence-corrected chi connectivity index (χ0v) is 15.5. The first-order chi connectivity index (χ1) is 11.4. The molecule has 3 nitrogen and oxygen atoms in total. The van der Waals surface area contributed by atoms with Crippen molar-refractivity contribution in [2.75, 3.05) is 13.2 Å². The molecule has 0 aromatic heterocycles. The van der Waals surface area contributed by atoms with Crippen LogP contribution in [0.2, 0.25) is 0 Å². The molecule has 1 aromatic rings. The SMILES string of the molecule is CCOC(=O)C1=C(NCCc2ccccc2)CCC(C(C)(C)C)C1. The molecular formula is C21H31NO2. The summed E-state index contributed by atoms with van der Waals surface area (Å²) in [4.78, 5) is 12.4. The fourth-order valence-corrected chi connectivity index (χ4v) is 3.30. The zero-order valence-electron chi connectivity index (χ0n) is 15.5. The number of nitrogens with one attached hydrogen (secondary N) is 1. The number of hydrogen-bond donors (Lipinski definition) is 1. The molecule has 1 atom stereocenters. The van der Waals surface area contributed by atoms with Gasteiger partial charge in [-0.2, -0.15) is 0 Å². The summed E-state index contributed by atoms with van der Waals surface area (Å²) in [7, 11) is 0. The largest absolute Gasteiger partial charge is 0.463 e. The predicted molar refractivity (Wildman–Crippen MR) is 98.6 cm³/mol. The molecule has 1 aliphatic rings. The number of rotatable bonds is 6. The van der Waals surface area contributed by atoms with Crippen molar-refractivity contribution in [1.29, 1.82) is 0 Å². The van der Waals surface area contributed by atoms with Crippen LogP contribution in [0.3, 0.4) is 0 Å². The average molecular weight is 329 g/mol. The number of carbonyl (C=O) groups is 1. The Balaban J connectivity index is 2.05. The van der Waals surface area contributed by atoms with E-state index in [-0.39, 0.29) is 11.4 Å². The van der Waals surface area contributed by atoms with E-state index in [9.17, 15) is 4.79 Å². The summed E-state index contributed by atoms with van der Waals surface area (Å²) in [5, 5.41) is 3.51.